The Kier molecular flexibility index (Phi) is 3.73. The molecule has 9 nitrogen and oxygen atoms in total. The summed E-state index contributed by atoms with van der Waals surface area (Å²) in [4.78, 5) is 24.1. The van der Waals surface area contributed by atoms with Gasteiger partial charge >= 0.3 is 0 Å². The molecule has 3 aliphatic rings. The van der Waals surface area contributed by atoms with Gasteiger partial charge in [-0.05, 0) is 25.0 Å². The largest absolute Gasteiger partial charge is 0.475 e. The molecule has 1 saturated heterocycles. The summed E-state index contributed by atoms with van der Waals surface area (Å²) in [5.74, 6) is 0.445. The molecule has 3 aromatic heterocycles. The summed E-state index contributed by atoms with van der Waals surface area (Å²) < 4.78 is 21.8. The number of carbonyl (C=O) groups is 1. The van der Waals surface area contributed by atoms with Gasteiger partial charge in [-0.3, -0.25) is 4.79 Å². The van der Waals surface area contributed by atoms with E-state index >= 15 is 0 Å². The lowest BCUT2D eigenvalue weighted by atomic mass is 10.0. The number of nitrogens with zero attached hydrogens (tertiary/aromatic N) is 5. The molecule has 5 heterocycles. The Morgan fingerprint density at radius 2 is 2.20 bits per heavy atom. The Bertz CT molecular complexity index is 1160. The van der Waals surface area contributed by atoms with Crippen LogP contribution in [0.2, 0.25) is 0 Å². The van der Waals surface area contributed by atoms with Crippen molar-refractivity contribution < 1.29 is 13.9 Å². The molecular weight excluding hydrogens is 389 g/mol. The number of halogens is 1. The highest BCUT2D eigenvalue weighted by Crippen LogP contribution is 2.38. The summed E-state index contributed by atoms with van der Waals surface area (Å²) in [6.45, 7) is 2.31. The van der Waals surface area contributed by atoms with Gasteiger partial charge < -0.3 is 20.3 Å². The molecule has 2 N–H and O–H groups in total. The number of fused-ring (bicyclic) bond motifs is 5. The Labute approximate surface area is 171 Å². The first-order valence-corrected chi connectivity index (χ1v) is 10.0. The fourth-order valence-electron chi connectivity index (χ4n) is 4.21. The molecule has 30 heavy (non-hydrogen) atoms. The Morgan fingerprint density at radius 3 is 3.07 bits per heavy atom. The van der Waals surface area contributed by atoms with Gasteiger partial charge in [0.2, 0.25) is 5.88 Å². The second-order valence-corrected chi connectivity index (χ2v) is 8.10. The first-order valence-electron chi connectivity index (χ1n) is 10.0. The van der Waals surface area contributed by atoms with E-state index in [9.17, 15) is 9.18 Å². The number of rotatable bonds is 0. The van der Waals surface area contributed by atoms with Crippen LogP contribution in [-0.2, 0) is 0 Å². The first kappa shape index (κ1) is 17.6. The van der Waals surface area contributed by atoms with Crippen LogP contribution < -0.4 is 20.3 Å². The van der Waals surface area contributed by atoms with Gasteiger partial charge in [-0.1, -0.05) is 0 Å². The summed E-state index contributed by atoms with van der Waals surface area (Å²) >= 11 is 0. The van der Waals surface area contributed by atoms with E-state index in [4.69, 9.17) is 9.72 Å². The van der Waals surface area contributed by atoms with Crippen LogP contribution in [0, 0.1) is 5.82 Å². The second-order valence-electron chi connectivity index (χ2n) is 8.10. The molecule has 2 fully saturated rings. The first-order chi connectivity index (χ1) is 14.6. The quantitative estimate of drug-likeness (QED) is 0.573. The zero-order chi connectivity index (χ0) is 20.3. The smallest absolute Gasteiger partial charge is 0.257 e. The van der Waals surface area contributed by atoms with Crippen molar-refractivity contribution in [1.29, 1.82) is 0 Å². The maximum absolute atomic E-state index is 14.2. The molecular formula is C20H20FN7O2. The van der Waals surface area contributed by atoms with Crippen molar-refractivity contribution in [1.82, 2.24) is 30.2 Å². The average molecular weight is 409 g/mol. The molecule has 10 heteroatoms. The lowest BCUT2D eigenvalue weighted by Crippen LogP contribution is -2.46. The normalized spacial score (nSPS) is 22.4. The Balaban J connectivity index is 1.54. The van der Waals surface area contributed by atoms with Crippen LogP contribution in [0.25, 0.3) is 5.65 Å². The minimum absolute atomic E-state index is 0.210. The van der Waals surface area contributed by atoms with Crippen LogP contribution in [0.5, 0.6) is 5.88 Å². The number of amides is 1. The molecule has 1 amide bonds. The van der Waals surface area contributed by atoms with Crippen molar-refractivity contribution in [2.75, 3.05) is 31.1 Å². The predicted octanol–water partition coefficient (Wildman–Crippen LogP) is 1.07. The van der Waals surface area contributed by atoms with Crippen molar-refractivity contribution >= 4 is 17.4 Å². The summed E-state index contributed by atoms with van der Waals surface area (Å²) in [7, 11) is 0. The van der Waals surface area contributed by atoms with Crippen molar-refractivity contribution in [3.05, 3.63) is 47.7 Å². The van der Waals surface area contributed by atoms with Gasteiger partial charge in [0.1, 0.15) is 23.8 Å². The molecule has 0 radical (unpaired) electrons. The maximum Gasteiger partial charge on any atom is 0.257 e. The van der Waals surface area contributed by atoms with E-state index in [0.29, 0.717) is 41.6 Å². The van der Waals surface area contributed by atoms with E-state index in [0.717, 1.165) is 25.6 Å². The highest BCUT2D eigenvalue weighted by Gasteiger charge is 2.46. The molecule has 154 valence electrons. The molecule has 2 aliphatic heterocycles. The lowest BCUT2D eigenvalue weighted by Gasteiger charge is -2.37. The van der Waals surface area contributed by atoms with Crippen LogP contribution in [-0.4, -0.2) is 57.3 Å². The van der Waals surface area contributed by atoms with Crippen LogP contribution in [0.4, 0.5) is 10.2 Å². The third-order valence-corrected chi connectivity index (χ3v) is 6.06. The van der Waals surface area contributed by atoms with Crippen LogP contribution >= 0.6 is 0 Å². The number of hydrogen-bond donors (Lipinski definition) is 2. The minimum atomic E-state index is -0.450. The molecule has 1 saturated carbocycles. The van der Waals surface area contributed by atoms with Gasteiger partial charge in [0.25, 0.3) is 5.91 Å². The number of hydrogen-bond acceptors (Lipinski definition) is 7. The van der Waals surface area contributed by atoms with Gasteiger partial charge in [-0.2, -0.15) is 5.10 Å². The zero-order valence-electron chi connectivity index (χ0n) is 16.1. The van der Waals surface area contributed by atoms with Gasteiger partial charge in [0.15, 0.2) is 5.65 Å². The zero-order valence-corrected chi connectivity index (χ0v) is 16.1. The molecule has 1 unspecified atom stereocenters. The molecule has 0 aromatic carbocycles. The van der Waals surface area contributed by atoms with E-state index in [1.807, 2.05) is 6.07 Å². The second kappa shape index (κ2) is 6.36. The molecule has 3 aromatic rings. The Hall–Kier alpha value is -3.27. The fourth-order valence-corrected chi connectivity index (χ4v) is 4.21. The van der Waals surface area contributed by atoms with Crippen LogP contribution in [0.15, 0.2) is 30.7 Å². The highest BCUT2D eigenvalue weighted by molar-refractivity contribution is 6.00. The van der Waals surface area contributed by atoms with E-state index < -0.39 is 11.4 Å². The van der Waals surface area contributed by atoms with Gasteiger partial charge in [0, 0.05) is 31.4 Å². The van der Waals surface area contributed by atoms with E-state index in [-0.39, 0.29) is 18.6 Å². The number of pyridine rings is 1. The summed E-state index contributed by atoms with van der Waals surface area (Å²) in [5.41, 5.74) is 1.14. The highest BCUT2D eigenvalue weighted by atomic mass is 19.1. The number of piperazine rings is 1. The molecule has 1 aliphatic carbocycles. The average Bonchev–Trinajstić information content (AvgIpc) is 3.38. The third-order valence-electron chi connectivity index (χ3n) is 6.06. The number of ether oxygens (including phenoxy) is 1. The van der Waals surface area contributed by atoms with Gasteiger partial charge in [0.05, 0.1) is 24.0 Å². The maximum atomic E-state index is 14.2. The van der Waals surface area contributed by atoms with Gasteiger partial charge in [-0.15, -0.1) is 0 Å². The van der Waals surface area contributed by atoms with Crippen LogP contribution in [0.3, 0.4) is 0 Å². The third kappa shape index (κ3) is 2.78. The van der Waals surface area contributed by atoms with Crippen molar-refractivity contribution in [3.63, 3.8) is 0 Å². The van der Waals surface area contributed by atoms with E-state index in [2.05, 4.69) is 25.6 Å². The Morgan fingerprint density at radius 1 is 1.30 bits per heavy atom. The molecule has 1 spiro atoms. The van der Waals surface area contributed by atoms with Crippen molar-refractivity contribution in [3.8, 4) is 5.88 Å². The van der Waals surface area contributed by atoms with Crippen molar-refractivity contribution in [2.24, 2.45) is 0 Å². The monoisotopic (exact) mass is 409 g/mol. The number of carbonyl (C=O) groups excluding carboxylic acids is 1. The number of aromatic nitrogens is 4. The van der Waals surface area contributed by atoms with Crippen molar-refractivity contribution in [2.45, 2.75) is 24.4 Å². The summed E-state index contributed by atoms with van der Waals surface area (Å²) in [6, 6.07) is 3.13. The fraction of sp³-hybridized carbons (Fsp3) is 0.400. The minimum Gasteiger partial charge on any atom is -0.475 e. The van der Waals surface area contributed by atoms with E-state index in [1.165, 1.54) is 6.07 Å². The molecule has 1 atom stereocenters. The van der Waals surface area contributed by atoms with Crippen LogP contribution in [0.1, 0.15) is 34.8 Å². The van der Waals surface area contributed by atoms with Gasteiger partial charge in [-0.25, -0.2) is 18.9 Å². The lowest BCUT2D eigenvalue weighted by molar-refractivity contribution is 0.0913. The summed E-state index contributed by atoms with van der Waals surface area (Å²) in [5, 5.41) is 10.7. The number of nitrogens with one attached hydrogen (secondary N) is 2. The standard InChI is InChI=1S/C20H20FN7O2/c21-12-7-13-15-10-22-4-6-27(15)16-1-5-28-17(25-16)14(9-24-28)18(29)26-20(2-3-20)11-30-19(13)23-8-12/h1,5,7-9,15,22H,2-4,6,10-11H2,(H,26,29). The molecule has 2 bridgehead atoms. The number of anilines is 1. The van der Waals surface area contributed by atoms with E-state index in [1.54, 1.807) is 16.9 Å². The topological polar surface area (TPSA) is 96.7 Å². The summed E-state index contributed by atoms with van der Waals surface area (Å²) in [6.07, 6.45) is 6.12. The predicted molar refractivity (Wildman–Crippen MR) is 105 cm³/mol. The molecule has 6 rings (SSSR count). The SMILES string of the molecule is O=C1NC2(CC2)COc2ncc(F)cc2C2CNCCN2c2ccn3ncc1c3n2.